The number of benzene rings is 1. The molecule has 0 radical (unpaired) electrons. The number of hydrogen-bond acceptors (Lipinski definition) is 4. The molecule has 0 spiro atoms. The molecular formula is C15H22ClF3N2O2S2. The summed E-state index contributed by atoms with van der Waals surface area (Å²) in [5.74, 6) is 0. The van der Waals surface area contributed by atoms with Crippen LogP contribution in [0.4, 0.5) is 13.2 Å². The average Bonchev–Trinajstić information content (AvgIpc) is 2.52. The van der Waals surface area contributed by atoms with Gasteiger partial charge < -0.3 is 5.32 Å². The molecule has 0 aromatic heterocycles. The maximum absolute atomic E-state index is 12.9. The molecule has 0 saturated carbocycles. The molecule has 144 valence electrons. The third-order valence-corrected chi connectivity index (χ3v) is 6.53. The van der Waals surface area contributed by atoms with Gasteiger partial charge in [-0.3, -0.25) is 0 Å². The Balaban J connectivity index is 0.00000312. The van der Waals surface area contributed by atoms with Gasteiger partial charge in [0.2, 0.25) is 10.0 Å². The lowest BCUT2D eigenvalue weighted by Gasteiger charge is -2.33. The molecule has 0 unspecified atom stereocenters. The second-order valence-corrected chi connectivity index (χ2v) is 8.65. The summed E-state index contributed by atoms with van der Waals surface area (Å²) in [7, 11) is -3.71. The van der Waals surface area contributed by atoms with Crippen molar-refractivity contribution in [2.24, 2.45) is 0 Å². The molecule has 0 bridgehead atoms. The maximum Gasteiger partial charge on any atom is 0.446 e. The average molecular weight is 419 g/mol. The number of rotatable bonds is 6. The Morgan fingerprint density at radius 3 is 2.24 bits per heavy atom. The normalized spacial score (nSPS) is 16.7. The summed E-state index contributed by atoms with van der Waals surface area (Å²) >= 11 is -0.250. The number of piperidine rings is 1. The maximum atomic E-state index is 12.9. The third-order valence-electron chi connectivity index (χ3n) is 3.82. The minimum atomic E-state index is -4.39. The van der Waals surface area contributed by atoms with Crippen molar-refractivity contribution in [3.05, 3.63) is 24.3 Å². The Hall–Kier alpha value is -0.480. The van der Waals surface area contributed by atoms with Gasteiger partial charge in [-0.25, -0.2) is 8.42 Å². The van der Waals surface area contributed by atoms with Crippen molar-refractivity contribution in [2.75, 3.05) is 19.6 Å². The van der Waals surface area contributed by atoms with Crippen LogP contribution < -0.4 is 5.32 Å². The predicted molar refractivity (Wildman–Crippen MR) is 95.7 cm³/mol. The summed E-state index contributed by atoms with van der Waals surface area (Å²) in [5, 5.41) is 3.20. The van der Waals surface area contributed by atoms with Crippen molar-refractivity contribution in [1.29, 1.82) is 0 Å². The number of sulfonamides is 1. The lowest BCUT2D eigenvalue weighted by molar-refractivity contribution is -0.0328. The molecule has 25 heavy (non-hydrogen) atoms. The van der Waals surface area contributed by atoms with Crippen molar-refractivity contribution in [1.82, 2.24) is 9.62 Å². The topological polar surface area (TPSA) is 49.4 Å². The van der Waals surface area contributed by atoms with Crippen LogP contribution in [-0.4, -0.2) is 43.9 Å². The first kappa shape index (κ1) is 22.6. The van der Waals surface area contributed by atoms with Crippen molar-refractivity contribution in [2.45, 2.75) is 47.5 Å². The van der Waals surface area contributed by atoms with Crippen LogP contribution in [0.25, 0.3) is 0 Å². The van der Waals surface area contributed by atoms with E-state index >= 15 is 0 Å². The van der Waals surface area contributed by atoms with Crippen LogP contribution in [0.2, 0.25) is 0 Å². The lowest BCUT2D eigenvalue weighted by atomic mass is 10.1. The van der Waals surface area contributed by atoms with Crippen LogP contribution in [-0.2, 0) is 10.0 Å². The number of alkyl halides is 3. The standard InChI is InChI=1S/C15H21F3N2O2S2.ClH/c1-2-11-20(12-7-9-19-10-8-12)24(21,22)14-5-3-13(4-6-14)23-15(16,17)18;/h3-6,12,19H,2,7-11H2,1H3;1H. The number of halogens is 4. The van der Waals surface area contributed by atoms with Crippen LogP contribution >= 0.6 is 24.2 Å². The Kier molecular flexibility index (Phi) is 8.53. The van der Waals surface area contributed by atoms with E-state index in [1.165, 1.54) is 28.6 Å². The van der Waals surface area contributed by atoms with E-state index in [4.69, 9.17) is 0 Å². The smallest absolute Gasteiger partial charge is 0.317 e. The molecule has 0 aliphatic carbocycles. The Bertz CT molecular complexity index is 633. The van der Waals surface area contributed by atoms with E-state index in [1.807, 2.05) is 6.92 Å². The summed E-state index contributed by atoms with van der Waals surface area (Å²) in [6.45, 7) is 3.85. The van der Waals surface area contributed by atoms with Crippen LogP contribution in [0.3, 0.4) is 0 Å². The van der Waals surface area contributed by atoms with Gasteiger partial charge >= 0.3 is 5.51 Å². The molecule has 10 heteroatoms. The Labute approximate surface area is 157 Å². The molecular weight excluding hydrogens is 397 g/mol. The minimum Gasteiger partial charge on any atom is -0.317 e. The summed E-state index contributed by atoms with van der Waals surface area (Å²) in [6.07, 6.45) is 2.16. The van der Waals surface area contributed by atoms with Crippen LogP contribution in [0.1, 0.15) is 26.2 Å². The molecule has 1 saturated heterocycles. The molecule has 0 amide bonds. The quantitative estimate of drug-likeness (QED) is 0.712. The number of nitrogens with zero attached hydrogens (tertiary/aromatic N) is 1. The summed E-state index contributed by atoms with van der Waals surface area (Å²) in [4.78, 5) is 0.0198. The molecule has 1 aromatic rings. The molecule has 1 aromatic carbocycles. The van der Waals surface area contributed by atoms with E-state index in [0.717, 1.165) is 25.9 Å². The van der Waals surface area contributed by atoms with Gasteiger partial charge in [0.05, 0.1) is 4.90 Å². The molecule has 1 aliphatic heterocycles. The highest BCUT2D eigenvalue weighted by molar-refractivity contribution is 8.00. The van der Waals surface area contributed by atoms with E-state index in [0.29, 0.717) is 13.0 Å². The molecule has 4 nitrogen and oxygen atoms in total. The zero-order valence-electron chi connectivity index (χ0n) is 13.8. The summed E-state index contributed by atoms with van der Waals surface area (Å²) < 4.78 is 64.4. The second-order valence-electron chi connectivity index (χ2n) is 5.62. The van der Waals surface area contributed by atoms with Gasteiger partial charge in [-0.15, -0.1) is 12.4 Å². The number of nitrogens with one attached hydrogen (secondary N) is 1. The Morgan fingerprint density at radius 1 is 1.20 bits per heavy atom. The van der Waals surface area contributed by atoms with Crippen LogP contribution in [0.5, 0.6) is 0 Å². The van der Waals surface area contributed by atoms with Crippen LogP contribution in [0.15, 0.2) is 34.1 Å². The molecule has 1 heterocycles. The molecule has 1 fully saturated rings. The van der Waals surface area contributed by atoms with E-state index < -0.39 is 15.5 Å². The fraction of sp³-hybridized carbons (Fsp3) is 0.600. The van der Waals surface area contributed by atoms with Crippen molar-refractivity contribution in [3.63, 3.8) is 0 Å². The van der Waals surface area contributed by atoms with E-state index in [1.54, 1.807) is 0 Å². The van der Waals surface area contributed by atoms with E-state index in [9.17, 15) is 21.6 Å². The van der Waals surface area contributed by atoms with Crippen LogP contribution in [0, 0.1) is 0 Å². The zero-order valence-corrected chi connectivity index (χ0v) is 16.2. The first-order valence-electron chi connectivity index (χ1n) is 7.82. The van der Waals surface area contributed by atoms with Gasteiger partial charge in [0.1, 0.15) is 0 Å². The molecule has 2 rings (SSSR count). The fourth-order valence-corrected chi connectivity index (χ4v) is 5.08. The monoisotopic (exact) mass is 418 g/mol. The highest BCUT2D eigenvalue weighted by Gasteiger charge is 2.32. The van der Waals surface area contributed by atoms with Gasteiger partial charge in [0.25, 0.3) is 0 Å². The molecule has 0 atom stereocenters. The SMILES string of the molecule is CCCN(C1CCNCC1)S(=O)(=O)c1ccc(SC(F)(F)F)cc1.Cl. The number of hydrogen-bond donors (Lipinski definition) is 1. The summed E-state index contributed by atoms with van der Waals surface area (Å²) in [6, 6.07) is 4.86. The van der Waals surface area contributed by atoms with Gasteiger partial charge in [0.15, 0.2) is 0 Å². The predicted octanol–water partition coefficient (Wildman–Crippen LogP) is 3.87. The molecule has 1 N–H and O–H groups in total. The van der Waals surface area contributed by atoms with Crippen molar-refractivity contribution in [3.8, 4) is 0 Å². The van der Waals surface area contributed by atoms with Gasteiger partial charge in [-0.1, -0.05) is 6.92 Å². The highest BCUT2D eigenvalue weighted by Crippen LogP contribution is 2.37. The zero-order chi connectivity index (χ0) is 17.8. The fourth-order valence-electron chi connectivity index (χ4n) is 2.76. The first-order chi connectivity index (χ1) is 11.2. The van der Waals surface area contributed by atoms with E-state index in [2.05, 4.69) is 5.32 Å². The summed E-state index contributed by atoms with van der Waals surface area (Å²) in [5.41, 5.74) is -4.39. The molecule has 1 aliphatic rings. The second kappa shape index (κ2) is 9.45. The lowest BCUT2D eigenvalue weighted by Crippen LogP contribution is -2.46. The third kappa shape index (κ3) is 6.32. The van der Waals surface area contributed by atoms with Gasteiger partial charge in [-0.2, -0.15) is 17.5 Å². The van der Waals surface area contributed by atoms with Gasteiger partial charge in [-0.05, 0) is 68.4 Å². The Morgan fingerprint density at radius 2 is 1.76 bits per heavy atom. The minimum absolute atomic E-state index is 0. The first-order valence-corrected chi connectivity index (χ1v) is 10.1. The number of thioether (sulfide) groups is 1. The van der Waals surface area contributed by atoms with Crippen molar-refractivity contribution >= 4 is 34.2 Å². The van der Waals surface area contributed by atoms with E-state index in [-0.39, 0.29) is 40.0 Å². The highest BCUT2D eigenvalue weighted by atomic mass is 35.5. The largest absolute Gasteiger partial charge is 0.446 e. The van der Waals surface area contributed by atoms with Gasteiger partial charge in [0, 0.05) is 17.5 Å². The van der Waals surface area contributed by atoms with Crippen molar-refractivity contribution < 1.29 is 21.6 Å².